The number of carbonyl (C=O) groups excluding carboxylic acids is 4. The van der Waals surface area contributed by atoms with Crippen LogP contribution in [0.15, 0.2) is 72.8 Å². The average Bonchev–Trinajstić information content (AvgIpc) is 3.54. The Morgan fingerprint density at radius 2 is 0.826 bits per heavy atom. The Bertz CT molecular complexity index is 1550. The van der Waals surface area contributed by atoms with Crippen molar-refractivity contribution in [1.82, 2.24) is 9.80 Å². The van der Waals surface area contributed by atoms with Crippen LogP contribution in [0.3, 0.4) is 0 Å². The number of carbonyl (C=O) groups is 4. The maximum absolute atomic E-state index is 14.3. The van der Waals surface area contributed by atoms with Crippen molar-refractivity contribution in [3.8, 4) is 0 Å². The Morgan fingerprint density at radius 1 is 0.478 bits per heavy atom. The number of benzene rings is 3. The Kier molecular flexibility index (Phi) is 7.99. The topological polar surface area (TPSA) is 87.7 Å². The van der Waals surface area contributed by atoms with Crippen molar-refractivity contribution in [2.75, 3.05) is 72.0 Å². The van der Waals surface area contributed by atoms with E-state index in [1.165, 1.54) is 21.9 Å². The lowest BCUT2D eigenvalue weighted by Crippen LogP contribution is -2.52. The molecule has 46 heavy (non-hydrogen) atoms. The number of imide groups is 2. The van der Waals surface area contributed by atoms with Gasteiger partial charge in [-0.25, -0.2) is 18.6 Å². The van der Waals surface area contributed by atoms with Crippen LogP contribution in [0, 0.1) is 11.6 Å². The maximum Gasteiger partial charge on any atom is 0.251 e. The molecule has 3 aromatic rings. The number of nitrogens with zero attached hydrogens (tertiary/aromatic N) is 6. The normalized spacial score (nSPS) is 23.3. The van der Waals surface area contributed by atoms with E-state index < -0.39 is 12.1 Å². The molecule has 0 aliphatic carbocycles. The zero-order valence-corrected chi connectivity index (χ0v) is 25.2. The first-order valence-electron chi connectivity index (χ1n) is 15.6. The lowest BCUT2D eigenvalue weighted by molar-refractivity contribution is -0.124. The molecule has 10 nitrogen and oxygen atoms in total. The van der Waals surface area contributed by atoms with Crippen molar-refractivity contribution in [3.63, 3.8) is 0 Å². The van der Waals surface area contributed by atoms with E-state index in [4.69, 9.17) is 0 Å². The molecule has 4 heterocycles. The lowest BCUT2D eigenvalue weighted by Gasteiger charge is -2.38. The Balaban J connectivity index is 0.974. The molecule has 7 rings (SSSR count). The molecule has 0 N–H and O–H groups in total. The number of anilines is 4. The molecule has 3 aromatic carbocycles. The van der Waals surface area contributed by atoms with Crippen molar-refractivity contribution < 1.29 is 28.0 Å². The van der Waals surface area contributed by atoms with Crippen LogP contribution in [-0.2, 0) is 19.2 Å². The first kappa shape index (κ1) is 30.0. The summed E-state index contributed by atoms with van der Waals surface area (Å²) in [6.45, 7) is 4.21. The molecule has 4 amide bonds. The van der Waals surface area contributed by atoms with Gasteiger partial charge in [0.1, 0.15) is 11.6 Å². The second kappa shape index (κ2) is 12.3. The predicted octanol–water partition coefficient (Wildman–Crippen LogP) is 2.87. The summed E-state index contributed by atoms with van der Waals surface area (Å²) in [5.41, 5.74) is 1.82. The fourth-order valence-electron chi connectivity index (χ4n) is 7.06. The number of rotatable bonds is 6. The van der Waals surface area contributed by atoms with Gasteiger partial charge < -0.3 is 9.80 Å². The molecule has 0 aromatic heterocycles. The molecule has 238 valence electrons. The monoisotopic (exact) mass is 628 g/mol. The summed E-state index contributed by atoms with van der Waals surface area (Å²) in [4.78, 5) is 63.2. The van der Waals surface area contributed by atoms with Gasteiger partial charge in [-0.05, 0) is 48.5 Å². The zero-order chi connectivity index (χ0) is 31.9. The second-order valence-corrected chi connectivity index (χ2v) is 12.0. The fourth-order valence-corrected chi connectivity index (χ4v) is 7.06. The van der Waals surface area contributed by atoms with E-state index in [-0.39, 0.29) is 48.1 Å². The number of hydrogen-bond donors (Lipinski definition) is 0. The summed E-state index contributed by atoms with van der Waals surface area (Å²) < 4.78 is 28.5. The second-order valence-electron chi connectivity index (χ2n) is 12.0. The fraction of sp³-hybridized carbons (Fsp3) is 0.353. The summed E-state index contributed by atoms with van der Waals surface area (Å²) in [5, 5.41) is 0. The molecule has 4 fully saturated rings. The van der Waals surface area contributed by atoms with Crippen molar-refractivity contribution in [2.24, 2.45) is 0 Å². The van der Waals surface area contributed by atoms with Gasteiger partial charge in [-0.1, -0.05) is 24.3 Å². The highest BCUT2D eigenvalue weighted by atomic mass is 19.1. The van der Waals surface area contributed by atoms with Crippen molar-refractivity contribution in [3.05, 3.63) is 84.4 Å². The highest BCUT2D eigenvalue weighted by Crippen LogP contribution is 2.32. The summed E-state index contributed by atoms with van der Waals surface area (Å²) in [5.74, 6) is -1.85. The Hall–Kier alpha value is -4.68. The standard InChI is InChI=1S/C34H34F2N6O4/c35-25-5-1-3-7-27(25)37-13-17-39(18-14-37)29-21-31(43)41(33(29)45)23-9-11-24(12-10-23)42-32(44)22-30(34(42)46)40-19-15-38(16-20-40)28-8-4-2-6-26(28)36/h1-12,29-30H,13-22H2/t29-,30-/m1/s1. The number of para-hydroxylation sites is 2. The summed E-state index contributed by atoms with van der Waals surface area (Å²) >= 11 is 0. The van der Waals surface area contributed by atoms with Crippen LogP contribution in [0.1, 0.15) is 12.8 Å². The van der Waals surface area contributed by atoms with E-state index in [9.17, 15) is 28.0 Å². The van der Waals surface area contributed by atoms with Crippen LogP contribution >= 0.6 is 0 Å². The van der Waals surface area contributed by atoms with Crippen LogP contribution in [-0.4, -0.2) is 97.9 Å². The molecular weight excluding hydrogens is 594 g/mol. The van der Waals surface area contributed by atoms with Gasteiger partial charge in [0.25, 0.3) is 11.8 Å². The molecular formula is C34H34F2N6O4. The van der Waals surface area contributed by atoms with E-state index in [1.54, 1.807) is 60.7 Å². The number of hydrogen-bond acceptors (Lipinski definition) is 8. The first-order chi connectivity index (χ1) is 22.3. The maximum atomic E-state index is 14.3. The highest BCUT2D eigenvalue weighted by molar-refractivity contribution is 6.24. The summed E-state index contributed by atoms with van der Waals surface area (Å²) in [7, 11) is 0. The van der Waals surface area contributed by atoms with Gasteiger partial charge in [-0.15, -0.1) is 0 Å². The van der Waals surface area contributed by atoms with E-state index in [1.807, 2.05) is 19.6 Å². The van der Waals surface area contributed by atoms with Gasteiger partial charge in [0.05, 0.1) is 47.7 Å². The Labute approximate surface area is 265 Å². The molecule has 4 saturated heterocycles. The molecule has 0 unspecified atom stereocenters. The quantitative estimate of drug-likeness (QED) is 0.386. The van der Waals surface area contributed by atoms with Gasteiger partial charge in [-0.3, -0.25) is 29.0 Å². The van der Waals surface area contributed by atoms with Crippen LogP contribution in [0.25, 0.3) is 0 Å². The van der Waals surface area contributed by atoms with E-state index >= 15 is 0 Å². The number of halogens is 2. The van der Waals surface area contributed by atoms with Crippen LogP contribution in [0.2, 0.25) is 0 Å². The van der Waals surface area contributed by atoms with E-state index in [2.05, 4.69) is 0 Å². The molecule has 0 bridgehead atoms. The molecule has 12 heteroatoms. The Morgan fingerprint density at radius 3 is 1.17 bits per heavy atom. The van der Waals surface area contributed by atoms with Gasteiger partial charge in [0, 0.05) is 52.4 Å². The third-order valence-corrected chi connectivity index (χ3v) is 9.51. The minimum Gasteiger partial charge on any atom is -0.367 e. The molecule has 4 aliphatic rings. The molecule has 2 atom stereocenters. The minimum absolute atomic E-state index is 0.0508. The van der Waals surface area contributed by atoms with Crippen molar-refractivity contribution in [2.45, 2.75) is 24.9 Å². The van der Waals surface area contributed by atoms with Crippen LogP contribution in [0.4, 0.5) is 31.5 Å². The van der Waals surface area contributed by atoms with Gasteiger partial charge in [-0.2, -0.15) is 0 Å². The number of piperazine rings is 2. The largest absolute Gasteiger partial charge is 0.367 e. The smallest absolute Gasteiger partial charge is 0.251 e. The number of amides is 4. The lowest BCUT2D eigenvalue weighted by atomic mass is 10.1. The van der Waals surface area contributed by atoms with Crippen molar-refractivity contribution >= 4 is 46.4 Å². The molecule has 4 aliphatic heterocycles. The van der Waals surface area contributed by atoms with Gasteiger partial charge in [0.15, 0.2) is 0 Å². The summed E-state index contributed by atoms with van der Waals surface area (Å²) in [6, 6.07) is 18.4. The van der Waals surface area contributed by atoms with Gasteiger partial charge >= 0.3 is 0 Å². The van der Waals surface area contributed by atoms with Crippen LogP contribution in [0.5, 0.6) is 0 Å². The van der Waals surface area contributed by atoms with E-state index in [0.29, 0.717) is 75.1 Å². The predicted molar refractivity (Wildman–Crippen MR) is 169 cm³/mol. The molecule has 0 spiro atoms. The third-order valence-electron chi connectivity index (χ3n) is 9.51. The summed E-state index contributed by atoms with van der Waals surface area (Å²) in [6.07, 6.45) is 0.102. The zero-order valence-electron chi connectivity index (χ0n) is 25.2. The third kappa shape index (κ3) is 5.41. The minimum atomic E-state index is -0.601. The van der Waals surface area contributed by atoms with Gasteiger partial charge in [0.2, 0.25) is 11.8 Å². The molecule has 0 saturated carbocycles. The highest BCUT2D eigenvalue weighted by Gasteiger charge is 2.45. The first-order valence-corrected chi connectivity index (χ1v) is 15.6. The van der Waals surface area contributed by atoms with E-state index in [0.717, 1.165) is 0 Å². The molecule has 0 radical (unpaired) electrons. The van der Waals surface area contributed by atoms with Crippen molar-refractivity contribution in [1.29, 1.82) is 0 Å². The average molecular weight is 629 g/mol. The van der Waals surface area contributed by atoms with Crippen LogP contribution < -0.4 is 19.6 Å². The SMILES string of the molecule is O=C1C[C@@H](N2CCN(c3ccccc3F)CC2)C(=O)N1c1ccc(N2C(=O)C[C@@H](N3CCN(c4ccccc4F)CC3)C2=O)cc1.